The molecular weight excluding hydrogens is 334 g/mol. The zero-order valence-electron chi connectivity index (χ0n) is 12.6. The topological polar surface area (TPSA) is 57.1 Å². The molecule has 2 rings (SSSR count). The Balaban J connectivity index is 2.38. The van der Waals surface area contributed by atoms with Crippen molar-refractivity contribution in [3.8, 4) is 11.6 Å². The van der Waals surface area contributed by atoms with E-state index in [4.69, 9.17) is 9.47 Å². The molecule has 0 fully saturated rings. The number of nitrogens with zero attached hydrogens (tertiary/aromatic N) is 3. The van der Waals surface area contributed by atoms with Crippen LogP contribution in [-0.2, 0) is 16.8 Å². The van der Waals surface area contributed by atoms with Crippen LogP contribution in [0, 0.1) is 0 Å². The minimum absolute atomic E-state index is 0.173. The third-order valence-electron chi connectivity index (χ3n) is 2.66. The maximum Gasteiger partial charge on any atom is 0.223 e. The van der Waals surface area contributed by atoms with Crippen LogP contribution < -0.4 is 4.74 Å². The highest BCUT2D eigenvalue weighted by Gasteiger charge is 2.20. The smallest absolute Gasteiger partial charge is 0.223 e. The second kappa shape index (κ2) is 6.49. The SMILES string of the molecule is COCc1cc(Oc2cccnc2Br)nc(C(C)(C)C)n1. The van der Waals surface area contributed by atoms with Gasteiger partial charge in [-0.3, -0.25) is 0 Å². The predicted octanol–water partition coefficient (Wildman–Crippen LogP) is 3.87. The number of hydrogen-bond donors (Lipinski definition) is 0. The monoisotopic (exact) mass is 351 g/mol. The van der Waals surface area contributed by atoms with Gasteiger partial charge >= 0.3 is 0 Å². The van der Waals surface area contributed by atoms with Gasteiger partial charge in [0, 0.05) is 24.8 Å². The van der Waals surface area contributed by atoms with E-state index in [0.717, 1.165) is 5.69 Å². The molecular formula is C15H18BrN3O2. The fourth-order valence-corrected chi connectivity index (χ4v) is 1.97. The highest BCUT2D eigenvalue weighted by molar-refractivity contribution is 9.10. The molecule has 0 amide bonds. The molecule has 0 atom stereocenters. The summed E-state index contributed by atoms with van der Waals surface area (Å²) in [5.41, 5.74) is 0.612. The lowest BCUT2D eigenvalue weighted by Crippen LogP contribution is -2.17. The summed E-state index contributed by atoms with van der Waals surface area (Å²) >= 11 is 3.36. The minimum atomic E-state index is -0.173. The Labute approximate surface area is 132 Å². The van der Waals surface area contributed by atoms with E-state index in [1.54, 1.807) is 19.4 Å². The van der Waals surface area contributed by atoms with Gasteiger partial charge in [-0.05, 0) is 28.1 Å². The van der Waals surface area contributed by atoms with Crippen LogP contribution in [0.15, 0.2) is 29.0 Å². The van der Waals surface area contributed by atoms with E-state index in [1.807, 2.05) is 12.1 Å². The van der Waals surface area contributed by atoms with Crippen LogP contribution in [-0.4, -0.2) is 22.1 Å². The van der Waals surface area contributed by atoms with E-state index >= 15 is 0 Å². The van der Waals surface area contributed by atoms with Gasteiger partial charge in [0.25, 0.3) is 0 Å². The van der Waals surface area contributed by atoms with Crippen molar-refractivity contribution in [1.29, 1.82) is 0 Å². The highest BCUT2D eigenvalue weighted by Crippen LogP contribution is 2.28. The molecule has 0 aliphatic heterocycles. The van der Waals surface area contributed by atoms with Crippen molar-refractivity contribution >= 4 is 15.9 Å². The van der Waals surface area contributed by atoms with Crippen molar-refractivity contribution in [3.63, 3.8) is 0 Å². The first-order valence-corrected chi connectivity index (χ1v) is 7.35. The van der Waals surface area contributed by atoms with Gasteiger partial charge < -0.3 is 9.47 Å². The molecule has 0 aliphatic carbocycles. The third kappa shape index (κ3) is 4.22. The van der Waals surface area contributed by atoms with Crippen molar-refractivity contribution in [3.05, 3.63) is 40.5 Å². The maximum atomic E-state index is 5.82. The Morgan fingerprint density at radius 2 is 2.00 bits per heavy atom. The van der Waals surface area contributed by atoms with E-state index < -0.39 is 0 Å². The fraction of sp³-hybridized carbons (Fsp3) is 0.400. The summed E-state index contributed by atoms with van der Waals surface area (Å²) in [4.78, 5) is 13.1. The van der Waals surface area contributed by atoms with Crippen LogP contribution in [0.3, 0.4) is 0 Å². The zero-order chi connectivity index (χ0) is 15.5. The Hall–Kier alpha value is -1.53. The van der Waals surface area contributed by atoms with E-state index in [1.165, 1.54) is 0 Å². The van der Waals surface area contributed by atoms with E-state index in [2.05, 4.69) is 51.7 Å². The van der Waals surface area contributed by atoms with Gasteiger partial charge in [0.15, 0.2) is 5.75 Å². The molecule has 0 saturated heterocycles. The summed E-state index contributed by atoms with van der Waals surface area (Å²) in [6, 6.07) is 5.41. The third-order valence-corrected chi connectivity index (χ3v) is 3.25. The standard InChI is InChI=1S/C15H18BrN3O2/c1-15(2,3)14-18-10(9-20-4)8-12(19-14)21-11-6-5-7-17-13(11)16/h5-8H,9H2,1-4H3. The Kier molecular flexibility index (Phi) is 4.90. The van der Waals surface area contributed by atoms with Gasteiger partial charge in [0.1, 0.15) is 10.4 Å². The largest absolute Gasteiger partial charge is 0.436 e. The van der Waals surface area contributed by atoms with Gasteiger partial charge in [-0.1, -0.05) is 20.8 Å². The van der Waals surface area contributed by atoms with E-state index in [0.29, 0.717) is 28.7 Å². The molecule has 2 aromatic heterocycles. The van der Waals surface area contributed by atoms with Gasteiger partial charge in [0.05, 0.1) is 12.3 Å². The molecule has 2 aromatic rings. The molecule has 0 saturated carbocycles. The summed E-state index contributed by atoms with van der Waals surface area (Å²) in [5.74, 6) is 1.81. The number of pyridine rings is 1. The van der Waals surface area contributed by atoms with E-state index in [9.17, 15) is 0 Å². The summed E-state index contributed by atoms with van der Waals surface area (Å²) in [6.45, 7) is 6.59. The van der Waals surface area contributed by atoms with Crippen molar-refractivity contribution in [2.75, 3.05) is 7.11 Å². The predicted molar refractivity (Wildman–Crippen MR) is 83.5 cm³/mol. The number of rotatable bonds is 4. The van der Waals surface area contributed by atoms with Gasteiger partial charge in [0.2, 0.25) is 5.88 Å². The molecule has 2 heterocycles. The van der Waals surface area contributed by atoms with Crippen molar-refractivity contribution in [2.45, 2.75) is 32.8 Å². The molecule has 5 nitrogen and oxygen atoms in total. The Morgan fingerprint density at radius 3 is 2.62 bits per heavy atom. The highest BCUT2D eigenvalue weighted by atomic mass is 79.9. The first-order valence-electron chi connectivity index (χ1n) is 6.56. The molecule has 0 aromatic carbocycles. The maximum absolute atomic E-state index is 5.82. The summed E-state index contributed by atoms with van der Waals surface area (Å²) in [5, 5.41) is 0. The summed E-state index contributed by atoms with van der Waals surface area (Å²) in [6.07, 6.45) is 1.69. The van der Waals surface area contributed by atoms with Crippen LogP contribution >= 0.6 is 15.9 Å². The van der Waals surface area contributed by atoms with Crippen molar-refractivity contribution in [2.24, 2.45) is 0 Å². The molecule has 21 heavy (non-hydrogen) atoms. The first kappa shape index (κ1) is 15.9. The van der Waals surface area contributed by atoms with Crippen LogP contribution in [0.1, 0.15) is 32.3 Å². The zero-order valence-corrected chi connectivity index (χ0v) is 14.1. The van der Waals surface area contributed by atoms with Crippen molar-refractivity contribution < 1.29 is 9.47 Å². The lowest BCUT2D eigenvalue weighted by Gasteiger charge is -2.18. The molecule has 6 heteroatoms. The molecule has 0 aliphatic rings. The quantitative estimate of drug-likeness (QED) is 0.782. The van der Waals surface area contributed by atoms with Gasteiger partial charge in [-0.25, -0.2) is 9.97 Å². The number of aromatic nitrogens is 3. The summed E-state index contributed by atoms with van der Waals surface area (Å²) < 4.78 is 11.6. The number of halogens is 1. The van der Waals surface area contributed by atoms with Crippen LogP contribution in [0.25, 0.3) is 0 Å². The molecule has 0 bridgehead atoms. The van der Waals surface area contributed by atoms with Gasteiger partial charge in [-0.15, -0.1) is 0 Å². The van der Waals surface area contributed by atoms with Crippen LogP contribution in [0.2, 0.25) is 0 Å². The molecule has 0 unspecified atom stereocenters. The Bertz CT molecular complexity index is 627. The number of methoxy groups -OCH3 is 1. The second-order valence-corrected chi connectivity index (χ2v) is 6.35. The number of hydrogen-bond acceptors (Lipinski definition) is 5. The number of ether oxygens (including phenoxy) is 2. The van der Waals surface area contributed by atoms with Gasteiger partial charge in [-0.2, -0.15) is 4.98 Å². The molecule has 0 spiro atoms. The summed E-state index contributed by atoms with van der Waals surface area (Å²) in [7, 11) is 1.64. The minimum Gasteiger partial charge on any atom is -0.436 e. The van der Waals surface area contributed by atoms with E-state index in [-0.39, 0.29) is 5.41 Å². The molecule has 112 valence electrons. The lowest BCUT2D eigenvalue weighted by atomic mass is 9.95. The Morgan fingerprint density at radius 1 is 1.24 bits per heavy atom. The molecule has 0 N–H and O–H groups in total. The lowest BCUT2D eigenvalue weighted by molar-refractivity contribution is 0.180. The van der Waals surface area contributed by atoms with Crippen molar-refractivity contribution in [1.82, 2.24) is 15.0 Å². The average molecular weight is 352 g/mol. The van der Waals surface area contributed by atoms with Crippen LogP contribution in [0.4, 0.5) is 0 Å². The average Bonchev–Trinajstić information content (AvgIpc) is 2.41. The molecule has 0 radical (unpaired) electrons. The fourth-order valence-electron chi connectivity index (χ4n) is 1.64. The normalized spacial score (nSPS) is 11.5. The van der Waals surface area contributed by atoms with Crippen LogP contribution in [0.5, 0.6) is 11.6 Å². The first-order chi connectivity index (χ1) is 9.90. The second-order valence-electron chi connectivity index (χ2n) is 5.60.